The first-order valence-corrected chi connectivity index (χ1v) is 8.26. The lowest BCUT2D eigenvalue weighted by Crippen LogP contribution is -2.47. The van der Waals surface area contributed by atoms with E-state index < -0.39 is 12.0 Å². The predicted molar refractivity (Wildman–Crippen MR) is 89.4 cm³/mol. The molecular weight excluding hydrogens is 316 g/mol. The molecule has 1 aromatic rings. The van der Waals surface area contributed by atoms with Gasteiger partial charge in [-0.3, -0.25) is 9.59 Å². The Morgan fingerprint density at radius 2 is 1.96 bits per heavy atom. The molecule has 0 saturated heterocycles. The van der Waals surface area contributed by atoms with Gasteiger partial charge in [-0.15, -0.1) is 11.8 Å². The fourth-order valence-corrected chi connectivity index (χ4v) is 2.88. The molecule has 0 aromatic heterocycles. The molecule has 1 rings (SSSR count). The van der Waals surface area contributed by atoms with Gasteiger partial charge in [0.25, 0.3) is 0 Å². The quantitative estimate of drug-likeness (QED) is 0.702. The summed E-state index contributed by atoms with van der Waals surface area (Å²) in [6.07, 6.45) is 0. The van der Waals surface area contributed by atoms with Crippen LogP contribution in [-0.4, -0.2) is 52.7 Å². The molecule has 126 valence electrons. The number of nitrogens with zero attached hydrogens (tertiary/aromatic N) is 1. The Balaban J connectivity index is 2.68. The van der Waals surface area contributed by atoms with E-state index >= 15 is 0 Å². The molecule has 0 radical (unpaired) electrons. The van der Waals surface area contributed by atoms with Crippen LogP contribution >= 0.6 is 11.8 Å². The highest BCUT2D eigenvalue weighted by atomic mass is 32.2. The van der Waals surface area contributed by atoms with Gasteiger partial charge < -0.3 is 15.3 Å². The van der Waals surface area contributed by atoms with Gasteiger partial charge >= 0.3 is 5.97 Å². The van der Waals surface area contributed by atoms with Crippen molar-refractivity contribution in [2.24, 2.45) is 0 Å². The smallest absolute Gasteiger partial charge is 0.326 e. The summed E-state index contributed by atoms with van der Waals surface area (Å²) >= 11 is 1.38. The molecule has 0 fully saturated rings. The van der Waals surface area contributed by atoms with E-state index in [9.17, 15) is 14.4 Å². The highest BCUT2D eigenvalue weighted by Gasteiger charge is 2.25. The van der Waals surface area contributed by atoms with E-state index in [1.54, 1.807) is 0 Å². The van der Waals surface area contributed by atoms with Crippen molar-refractivity contribution in [3.05, 3.63) is 29.8 Å². The zero-order chi connectivity index (χ0) is 17.4. The molecule has 2 amide bonds. The number of carbonyl (C=O) groups is 3. The van der Waals surface area contributed by atoms with Crippen LogP contribution in [-0.2, 0) is 14.4 Å². The number of hydrogen-bond acceptors (Lipinski definition) is 4. The van der Waals surface area contributed by atoms with E-state index in [-0.39, 0.29) is 30.7 Å². The largest absolute Gasteiger partial charge is 0.480 e. The Hall–Kier alpha value is -2.02. The van der Waals surface area contributed by atoms with Crippen molar-refractivity contribution in [3.8, 4) is 0 Å². The number of hydrogen-bond donors (Lipinski definition) is 2. The molecule has 1 aromatic carbocycles. The Morgan fingerprint density at radius 1 is 1.30 bits per heavy atom. The van der Waals surface area contributed by atoms with Crippen molar-refractivity contribution < 1.29 is 19.5 Å². The summed E-state index contributed by atoms with van der Waals surface area (Å²) in [4.78, 5) is 36.7. The summed E-state index contributed by atoms with van der Waals surface area (Å²) in [5, 5.41) is 11.7. The number of aliphatic carboxylic acids is 1. The van der Waals surface area contributed by atoms with Gasteiger partial charge in [0, 0.05) is 24.9 Å². The number of carbonyl (C=O) groups excluding carboxylic acids is 2. The normalized spacial score (nSPS) is 11.6. The van der Waals surface area contributed by atoms with Crippen LogP contribution in [0.2, 0.25) is 0 Å². The van der Waals surface area contributed by atoms with Crippen molar-refractivity contribution >= 4 is 29.5 Å². The maximum atomic E-state index is 12.4. The molecule has 0 spiro atoms. The second-order valence-corrected chi connectivity index (χ2v) is 6.16. The SMILES string of the molecule is CC(=O)NCCN(C(=O)CSc1ccccc1C)C(C)C(=O)O. The standard InChI is InChI=1S/C16H22N2O4S/c1-11-6-4-5-7-14(11)23-10-15(20)18(12(2)16(21)22)9-8-17-13(3)19/h4-7,12H,8-10H2,1-3H3,(H,17,19)(H,21,22). The number of rotatable bonds is 8. The molecule has 6 nitrogen and oxygen atoms in total. The van der Waals surface area contributed by atoms with Crippen molar-refractivity contribution in [2.75, 3.05) is 18.8 Å². The van der Waals surface area contributed by atoms with Gasteiger partial charge in [-0.25, -0.2) is 4.79 Å². The summed E-state index contributed by atoms with van der Waals surface area (Å²) in [5.74, 6) is -1.39. The van der Waals surface area contributed by atoms with Crippen LogP contribution in [0.25, 0.3) is 0 Å². The zero-order valence-electron chi connectivity index (χ0n) is 13.5. The molecule has 1 unspecified atom stereocenters. The Bertz CT molecular complexity index is 577. The van der Waals surface area contributed by atoms with E-state index in [4.69, 9.17) is 5.11 Å². The molecular formula is C16H22N2O4S. The third-order valence-electron chi connectivity index (χ3n) is 3.32. The van der Waals surface area contributed by atoms with Gasteiger partial charge in [0.15, 0.2) is 0 Å². The van der Waals surface area contributed by atoms with Crippen LogP contribution < -0.4 is 5.32 Å². The second kappa shape index (κ2) is 9.19. The predicted octanol–water partition coefficient (Wildman–Crippen LogP) is 1.52. The molecule has 2 N–H and O–H groups in total. The van der Waals surface area contributed by atoms with Gasteiger partial charge in [-0.05, 0) is 25.5 Å². The van der Waals surface area contributed by atoms with E-state index in [0.29, 0.717) is 0 Å². The van der Waals surface area contributed by atoms with E-state index in [1.807, 2.05) is 31.2 Å². The van der Waals surface area contributed by atoms with Gasteiger partial charge in [-0.2, -0.15) is 0 Å². The van der Waals surface area contributed by atoms with Crippen LogP contribution in [0, 0.1) is 6.92 Å². The van der Waals surface area contributed by atoms with Crippen LogP contribution in [0.3, 0.4) is 0 Å². The number of carboxylic acids is 1. The van der Waals surface area contributed by atoms with E-state index in [0.717, 1.165) is 10.5 Å². The van der Waals surface area contributed by atoms with Crippen molar-refractivity contribution in [1.29, 1.82) is 0 Å². The molecule has 0 heterocycles. The Kier molecular flexibility index (Phi) is 7.61. The summed E-state index contributed by atoms with van der Waals surface area (Å²) < 4.78 is 0. The monoisotopic (exact) mass is 338 g/mol. The Labute approximate surface area is 140 Å². The molecule has 0 aliphatic carbocycles. The fourth-order valence-electron chi connectivity index (χ4n) is 1.96. The van der Waals surface area contributed by atoms with Crippen LogP contribution in [0.5, 0.6) is 0 Å². The second-order valence-electron chi connectivity index (χ2n) is 5.14. The van der Waals surface area contributed by atoms with Crippen LogP contribution in [0.15, 0.2) is 29.2 Å². The van der Waals surface area contributed by atoms with Gasteiger partial charge in [-0.1, -0.05) is 18.2 Å². The lowest BCUT2D eigenvalue weighted by molar-refractivity contribution is -0.148. The molecule has 0 aliphatic heterocycles. The third-order valence-corrected chi connectivity index (χ3v) is 4.48. The zero-order valence-corrected chi connectivity index (χ0v) is 14.4. The number of nitrogens with one attached hydrogen (secondary N) is 1. The average Bonchev–Trinajstić information content (AvgIpc) is 2.49. The highest BCUT2D eigenvalue weighted by molar-refractivity contribution is 8.00. The fraction of sp³-hybridized carbons (Fsp3) is 0.438. The minimum atomic E-state index is -1.07. The number of carboxylic acid groups (broad SMARTS) is 1. The molecule has 0 aliphatic rings. The summed E-state index contributed by atoms with van der Waals surface area (Å²) in [6.45, 7) is 5.20. The van der Waals surface area contributed by atoms with Crippen molar-refractivity contribution in [1.82, 2.24) is 10.2 Å². The summed E-state index contributed by atoms with van der Waals surface area (Å²) in [5.41, 5.74) is 1.07. The molecule has 0 bridgehead atoms. The maximum absolute atomic E-state index is 12.4. The van der Waals surface area contributed by atoms with Crippen LogP contribution in [0.4, 0.5) is 0 Å². The molecule has 7 heteroatoms. The lowest BCUT2D eigenvalue weighted by atomic mass is 10.2. The first-order valence-electron chi connectivity index (χ1n) is 7.28. The first-order chi connectivity index (χ1) is 10.8. The number of thioether (sulfide) groups is 1. The summed E-state index contributed by atoms with van der Waals surface area (Å²) in [7, 11) is 0. The Morgan fingerprint density at radius 3 is 2.52 bits per heavy atom. The van der Waals surface area contributed by atoms with Crippen LogP contribution in [0.1, 0.15) is 19.4 Å². The minimum absolute atomic E-state index is 0.155. The third kappa shape index (κ3) is 6.32. The number of benzene rings is 1. The topological polar surface area (TPSA) is 86.7 Å². The maximum Gasteiger partial charge on any atom is 0.326 e. The molecule has 1 atom stereocenters. The molecule has 23 heavy (non-hydrogen) atoms. The summed E-state index contributed by atoms with van der Waals surface area (Å²) in [6, 6.07) is 6.77. The minimum Gasteiger partial charge on any atom is -0.480 e. The number of amides is 2. The van der Waals surface area contributed by atoms with Gasteiger partial charge in [0.05, 0.1) is 5.75 Å². The van der Waals surface area contributed by atoms with Gasteiger partial charge in [0.2, 0.25) is 11.8 Å². The van der Waals surface area contributed by atoms with E-state index in [2.05, 4.69) is 5.32 Å². The lowest BCUT2D eigenvalue weighted by Gasteiger charge is -2.26. The van der Waals surface area contributed by atoms with Crippen molar-refractivity contribution in [2.45, 2.75) is 31.7 Å². The first kappa shape index (κ1) is 19.0. The average molecular weight is 338 g/mol. The van der Waals surface area contributed by atoms with Gasteiger partial charge in [0.1, 0.15) is 6.04 Å². The molecule has 0 saturated carbocycles. The highest BCUT2D eigenvalue weighted by Crippen LogP contribution is 2.22. The van der Waals surface area contributed by atoms with Crippen molar-refractivity contribution in [3.63, 3.8) is 0 Å². The number of aryl methyl sites for hydroxylation is 1. The van der Waals surface area contributed by atoms with E-state index in [1.165, 1.54) is 30.5 Å².